The van der Waals surface area contributed by atoms with Gasteiger partial charge in [-0.05, 0) is 71.1 Å². The van der Waals surface area contributed by atoms with Gasteiger partial charge in [-0.3, -0.25) is 0 Å². The molecule has 2 aromatic heterocycles. The molecule has 4 nitrogen and oxygen atoms in total. The van der Waals surface area contributed by atoms with Crippen LogP contribution in [0.4, 0.5) is 0 Å². The van der Waals surface area contributed by atoms with E-state index in [0.717, 1.165) is 55.8 Å². The summed E-state index contributed by atoms with van der Waals surface area (Å²) in [7, 11) is 0. The third kappa shape index (κ3) is 8.17. The maximum atomic E-state index is 5.09. The molecule has 275 valence electrons. The van der Waals surface area contributed by atoms with Crippen LogP contribution in [0.5, 0.6) is 0 Å². The summed E-state index contributed by atoms with van der Waals surface area (Å²) in [6.07, 6.45) is 1.84. The van der Waals surface area contributed by atoms with E-state index in [1.807, 2.05) is 60.8 Å². The van der Waals surface area contributed by atoms with Crippen LogP contribution >= 0.6 is 0 Å². The van der Waals surface area contributed by atoms with Gasteiger partial charge in [0, 0.05) is 43.0 Å². The fourth-order valence-corrected chi connectivity index (χ4v) is 7.26. The fraction of sp³-hybridized carbons (Fsp3) is 0.0385. The van der Waals surface area contributed by atoms with E-state index >= 15 is 0 Å². The van der Waals surface area contributed by atoms with Crippen LogP contribution in [0.15, 0.2) is 188 Å². The zero-order valence-electron chi connectivity index (χ0n) is 31.5. The van der Waals surface area contributed by atoms with Crippen molar-refractivity contribution in [3.05, 3.63) is 205 Å². The Balaban J connectivity index is 0.00000455. The Morgan fingerprint density at radius 1 is 0.368 bits per heavy atom. The van der Waals surface area contributed by atoms with Crippen molar-refractivity contribution in [3.63, 3.8) is 0 Å². The van der Waals surface area contributed by atoms with Gasteiger partial charge in [0.15, 0.2) is 17.5 Å². The molecule has 0 atom stereocenters. The van der Waals surface area contributed by atoms with E-state index in [0.29, 0.717) is 17.5 Å². The fourth-order valence-electron chi connectivity index (χ4n) is 7.26. The molecule has 2 heterocycles. The number of aryl methyl sites for hydroxylation is 2. The molecule has 0 unspecified atom stereocenters. The number of hydrogen-bond donors (Lipinski definition) is 0. The molecule has 0 amide bonds. The third-order valence-electron chi connectivity index (χ3n) is 9.95. The summed E-state index contributed by atoms with van der Waals surface area (Å²) in [4.78, 5) is 20.0. The molecule has 5 heteroatoms. The van der Waals surface area contributed by atoms with Crippen molar-refractivity contribution in [2.24, 2.45) is 0 Å². The van der Waals surface area contributed by atoms with Gasteiger partial charge in [-0.1, -0.05) is 168 Å². The van der Waals surface area contributed by atoms with Gasteiger partial charge in [-0.2, -0.15) is 0 Å². The molecule has 0 bridgehead atoms. The van der Waals surface area contributed by atoms with Gasteiger partial charge in [0.25, 0.3) is 0 Å². The van der Waals surface area contributed by atoms with Crippen molar-refractivity contribution in [1.82, 2.24) is 19.9 Å². The molecule has 0 aliphatic heterocycles. The molecule has 0 saturated carbocycles. The number of benzene rings is 7. The van der Waals surface area contributed by atoms with Crippen LogP contribution in [0.2, 0.25) is 0 Å². The first-order valence-corrected chi connectivity index (χ1v) is 18.8. The Labute approximate surface area is 347 Å². The number of aromatic nitrogens is 4. The Bertz CT molecular complexity index is 2710. The van der Waals surface area contributed by atoms with Gasteiger partial charge >= 0.3 is 0 Å². The molecule has 0 aliphatic carbocycles. The summed E-state index contributed by atoms with van der Waals surface area (Å²) in [5.74, 6) is 1.76. The Morgan fingerprint density at radius 3 is 1.37 bits per heavy atom. The molecule has 0 fully saturated rings. The molecule has 0 spiro atoms. The summed E-state index contributed by atoms with van der Waals surface area (Å²) in [5.41, 5.74) is 16.0. The number of pyridine rings is 1. The maximum absolute atomic E-state index is 5.09. The molecular formula is C52H37IrN4-. The average Bonchev–Trinajstić information content (AvgIpc) is 3.27. The predicted octanol–water partition coefficient (Wildman–Crippen LogP) is 13.0. The Kier molecular flexibility index (Phi) is 10.9. The van der Waals surface area contributed by atoms with Crippen molar-refractivity contribution in [2.75, 3.05) is 0 Å². The molecule has 0 aliphatic rings. The molecule has 1 radical (unpaired) electrons. The second-order valence-corrected chi connectivity index (χ2v) is 14.0. The largest absolute Gasteiger partial charge is 0.304 e. The van der Waals surface area contributed by atoms with Crippen LogP contribution in [0, 0.1) is 19.9 Å². The van der Waals surface area contributed by atoms with E-state index in [9.17, 15) is 0 Å². The predicted molar refractivity (Wildman–Crippen MR) is 229 cm³/mol. The van der Waals surface area contributed by atoms with Gasteiger partial charge in [0.05, 0.1) is 0 Å². The zero-order valence-corrected chi connectivity index (χ0v) is 33.9. The minimum Gasteiger partial charge on any atom is -0.304 e. The van der Waals surface area contributed by atoms with Crippen molar-refractivity contribution < 1.29 is 20.1 Å². The Hall–Kier alpha value is -6.65. The maximum Gasteiger partial charge on any atom is 0.165 e. The third-order valence-corrected chi connectivity index (χ3v) is 9.95. The molecule has 9 aromatic rings. The molecule has 0 saturated heterocycles. The first kappa shape index (κ1) is 37.3. The summed E-state index contributed by atoms with van der Waals surface area (Å²) >= 11 is 0. The first-order chi connectivity index (χ1) is 27.5. The van der Waals surface area contributed by atoms with Gasteiger partial charge < -0.3 is 4.98 Å². The molecule has 7 aromatic carbocycles. The van der Waals surface area contributed by atoms with Crippen LogP contribution in [-0.4, -0.2) is 19.9 Å². The van der Waals surface area contributed by atoms with Crippen molar-refractivity contribution in [3.8, 4) is 89.9 Å². The second kappa shape index (κ2) is 16.6. The average molecular weight is 910 g/mol. The van der Waals surface area contributed by atoms with Gasteiger partial charge in [0.1, 0.15) is 0 Å². The van der Waals surface area contributed by atoms with E-state index < -0.39 is 0 Å². The van der Waals surface area contributed by atoms with E-state index in [2.05, 4.69) is 147 Å². The van der Waals surface area contributed by atoms with Crippen LogP contribution < -0.4 is 0 Å². The van der Waals surface area contributed by atoms with Gasteiger partial charge in [-0.25, -0.2) is 15.0 Å². The molecule has 0 N–H and O–H groups in total. The van der Waals surface area contributed by atoms with Crippen LogP contribution in [0.25, 0.3) is 89.9 Å². The number of hydrogen-bond acceptors (Lipinski definition) is 4. The van der Waals surface area contributed by atoms with Crippen LogP contribution in [0.3, 0.4) is 0 Å². The smallest absolute Gasteiger partial charge is 0.165 e. The quantitative estimate of drug-likeness (QED) is 0.143. The molecular weight excluding hydrogens is 873 g/mol. The van der Waals surface area contributed by atoms with Gasteiger partial charge in [0.2, 0.25) is 0 Å². The van der Waals surface area contributed by atoms with Gasteiger partial charge in [-0.15, -0.1) is 29.8 Å². The minimum atomic E-state index is 0. The van der Waals surface area contributed by atoms with Crippen LogP contribution in [0.1, 0.15) is 11.1 Å². The first-order valence-electron chi connectivity index (χ1n) is 18.8. The topological polar surface area (TPSA) is 51.6 Å². The summed E-state index contributed by atoms with van der Waals surface area (Å²) < 4.78 is 0. The molecule has 57 heavy (non-hydrogen) atoms. The van der Waals surface area contributed by atoms with Crippen LogP contribution in [-0.2, 0) is 20.1 Å². The van der Waals surface area contributed by atoms with E-state index in [4.69, 9.17) is 19.9 Å². The van der Waals surface area contributed by atoms with E-state index in [-0.39, 0.29) is 20.1 Å². The second-order valence-electron chi connectivity index (χ2n) is 14.0. The van der Waals surface area contributed by atoms with E-state index in [1.54, 1.807) is 0 Å². The van der Waals surface area contributed by atoms with Crippen molar-refractivity contribution in [1.29, 1.82) is 0 Å². The monoisotopic (exact) mass is 910 g/mol. The SMILES string of the molecule is Cc1cc(C)cc(-c2ccccc2-c2c[c-]c(-c3ccc(-c4nc(-c5ccccc5)nc(-c5cc(-c6ccccc6)cc(-c6ccccc6)c5)n4)cn3)cc2)c1.[Ir]. The zero-order chi connectivity index (χ0) is 37.8. The normalized spacial score (nSPS) is 10.8. The molecule has 9 rings (SSSR count). The number of rotatable bonds is 8. The minimum absolute atomic E-state index is 0. The van der Waals surface area contributed by atoms with E-state index in [1.165, 1.54) is 27.8 Å². The summed E-state index contributed by atoms with van der Waals surface area (Å²) in [6.45, 7) is 4.29. The number of nitrogens with zero attached hydrogens (tertiary/aromatic N) is 4. The van der Waals surface area contributed by atoms with Crippen molar-refractivity contribution in [2.45, 2.75) is 13.8 Å². The summed E-state index contributed by atoms with van der Waals surface area (Å²) in [6, 6.07) is 66.6. The Morgan fingerprint density at radius 2 is 0.842 bits per heavy atom. The summed E-state index contributed by atoms with van der Waals surface area (Å²) in [5, 5.41) is 0. The standard InChI is InChI=1S/C52H37N4.Ir/c1-35-28-36(2)30-45(29-35)48-21-13-12-20-47(48)39-22-24-40(25-23-39)49-27-26-42(34-53-49)51-54-50(41-18-10-5-11-19-41)55-52(56-51)46-32-43(37-14-6-3-7-15-37)31-44(33-46)38-16-8-4-9-17-38;/h3-24,26-34H,1-2H3;/q-1;. The van der Waals surface area contributed by atoms with Crippen molar-refractivity contribution >= 4 is 0 Å².